The zero-order valence-corrected chi connectivity index (χ0v) is 25.8. The minimum absolute atomic E-state index is 0. The molecule has 3 rings (SSSR count). The molecule has 0 N–H and O–H groups in total. The van der Waals surface area contributed by atoms with Crippen LogP contribution in [0.15, 0.2) is 54.6 Å². The summed E-state index contributed by atoms with van der Waals surface area (Å²) in [5.41, 5.74) is 2.27. The van der Waals surface area contributed by atoms with Crippen LogP contribution in [0.5, 0.6) is 0 Å². The molecular weight excluding hydrogens is 771 g/mol. The molecule has 0 unspecified atom stereocenters. The summed E-state index contributed by atoms with van der Waals surface area (Å²) < 4.78 is 2.51. The monoisotopic (exact) mass is 799 g/mol. The molecule has 3 aromatic rings. The van der Waals surface area contributed by atoms with E-state index in [0.29, 0.717) is 0 Å². The largest absolute Gasteiger partial charge is 2.00 e. The molecule has 0 amide bonds. The third kappa shape index (κ3) is 10.7. The first kappa shape index (κ1) is 34.8. The minimum atomic E-state index is 0. The summed E-state index contributed by atoms with van der Waals surface area (Å²) in [4.78, 5) is 4.56. The Morgan fingerprint density at radius 3 is 1.70 bits per heavy atom. The molecule has 7 heteroatoms. The van der Waals surface area contributed by atoms with E-state index in [9.17, 15) is 0 Å². The minimum Gasteiger partial charge on any atom is -1.00 e. The molecule has 0 spiro atoms. The van der Waals surface area contributed by atoms with Crippen molar-refractivity contribution < 1.29 is 76.5 Å². The topological polar surface area (TPSA) is 12.9 Å². The Morgan fingerprint density at radius 1 is 0.733 bits per heavy atom. The van der Waals surface area contributed by atoms with Crippen LogP contribution in [0.3, 0.4) is 0 Å². The number of aromatic nitrogens is 1. The van der Waals surface area contributed by atoms with Crippen molar-refractivity contribution in [3.8, 4) is 0 Å². The van der Waals surface area contributed by atoms with Crippen LogP contribution in [0.25, 0.3) is 22.4 Å². The van der Waals surface area contributed by atoms with Crippen molar-refractivity contribution in [3.05, 3.63) is 65.2 Å². The van der Waals surface area contributed by atoms with Crippen LogP contribution < -0.4 is 50.9 Å². The van der Waals surface area contributed by atoms with Crippen molar-refractivity contribution in [1.82, 2.24) is 4.98 Å². The Labute approximate surface area is 232 Å². The van der Waals surface area contributed by atoms with Gasteiger partial charge in [0.15, 0.2) is 0 Å². The second kappa shape index (κ2) is 18.7. The summed E-state index contributed by atoms with van der Waals surface area (Å²) in [6.45, 7) is 14.2. The molecule has 2 nitrogen and oxygen atoms in total. The number of thiazole rings is 1. The smallest absolute Gasteiger partial charge is 1.00 e. The first-order valence-corrected chi connectivity index (χ1v) is 10.4. The average molecular weight is 802 g/mol. The molecule has 0 fully saturated rings. The molecule has 0 saturated carbocycles. The van der Waals surface area contributed by atoms with Crippen molar-refractivity contribution in [2.75, 3.05) is 26.2 Å². The van der Waals surface area contributed by atoms with E-state index in [0.717, 1.165) is 10.5 Å². The Balaban J connectivity index is -0.000000497. The van der Waals surface area contributed by atoms with Crippen LogP contribution in [-0.4, -0.2) is 35.6 Å². The summed E-state index contributed by atoms with van der Waals surface area (Å²) >= 11 is 1.72. The molecule has 0 aliphatic heterocycles. The number of fused-ring (bicyclic) bond motifs is 1. The van der Waals surface area contributed by atoms with E-state index in [4.69, 9.17) is 0 Å². The molecule has 0 bridgehead atoms. The van der Waals surface area contributed by atoms with Crippen molar-refractivity contribution in [3.63, 3.8) is 0 Å². The number of halogens is 3. The van der Waals surface area contributed by atoms with Gasteiger partial charge in [-0.1, -0.05) is 48.5 Å². The number of rotatable bonds is 6. The van der Waals surface area contributed by atoms with Gasteiger partial charge in [0.2, 0.25) is 0 Å². The van der Waals surface area contributed by atoms with E-state index in [2.05, 4.69) is 63.0 Å². The molecule has 0 radical (unpaired) electrons. The molecule has 30 heavy (non-hydrogen) atoms. The van der Waals surface area contributed by atoms with E-state index in [1.807, 2.05) is 36.4 Å². The van der Waals surface area contributed by atoms with Crippen LogP contribution in [0, 0.1) is 0 Å². The fourth-order valence-electron chi connectivity index (χ4n) is 3.03. The molecule has 170 valence electrons. The van der Waals surface area contributed by atoms with Crippen LogP contribution in [0.1, 0.15) is 38.3 Å². The standard InChI is InChI=1S/C15H11NS.C8H20N.3BrH.Pt/c1-2-6-12(7-3-1)10-11-15-16-13-8-4-5-9-14(13)17-15;1-5-9(6-2,7-3)8-4;;;;/h1-11H;5-8H2,1-4H3;3*1H;/q;+1;;;;+2/p-3/b11-10+;;;;;. The molecule has 1 heterocycles. The first-order chi connectivity index (χ1) is 12.7. The SMILES string of the molecule is C(=C\c1nc2ccccc2s1)/c1ccccc1.CC[N+](CC)(CC)CC.[Br-].[Br-].[Br-].[Pt+2]. The summed E-state index contributed by atoms with van der Waals surface area (Å²) in [5.74, 6) is 0. The van der Waals surface area contributed by atoms with Gasteiger partial charge in [-0.2, -0.15) is 0 Å². The van der Waals surface area contributed by atoms with Crippen LogP contribution >= 0.6 is 11.3 Å². The van der Waals surface area contributed by atoms with Gasteiger partial charge in [0, 0.05) is 0 Å². The van der Waals surface area contributed by atoms with Gasteiger partial charge in [-0.15, -0.1) is 11.3 Å². The van der Waals surface area contributed by atoms with Gasteiger partial charge in [0.1, 0.15) is 5.01 Å². The Hall–Kier alpha value is 0.158. The van der Waals surface area contributed by atoms with E-state index in [1.165, 1.54) is 40.9 Å². The molecule has 0 aliphatic carbocycles. The third-order valence-electron chi connectivity index (χ3n) is 5.21. The van der Waals surface area contributed by atoms with E-state index >= 15 is 0 Å². The average Bonchev–Trinajstić information content (AvgIpc) is 3.13. The van der Waals surface area contributed by atoms with Crippen LogP contribution in [-0.2, 0) is 21.1 Å². The summed E-state index contributed by atoms with van der Waals surface area (Å²) in [5, 5.41) is 1.05. The number of benzene rings is 2. The van der Waals surface area contributed by atoms with E-state index < -0.39 is 0 Å². The predicted molar refractivity (Wildman–Crippen MR) is 117 cm³/mol. The van der Waals surface area contributed by atoms with Crippen molar-refractivity contribution in [2.45, 2.75) is 27.7 Å². The fourth-order valence-corrected chi connectivity index (χ4v) is 3.90. The van der Waals surface area contributed by atoms with Crippen molar-refractivity contribution in [2.24, 2.45) is 0 Å². The second-order valence-corrected chi connectivity index (χ2v) is 7.43. The molecular formula is C23H31Br3N2PtS. The van der Waals surface area contributed by atoms with Crippen LogP contribution in [0.2, 0.25) is 0 Å². The Kier molecular flexibility index (Phi) is 21.7. The number of para-hydroxylation sites is 1. The number of hydrogen-bond donors (Lipinski definition) is 0. The van der Waals surface area contributed by atoms with Gasteiger partial charge < -0.3 is 55.4 Å². The maximum atomic E-state index is 4.56. The number of nitrogens with zero attached hydrogens (tertiary/aromatic N) is 2. The third-order valence-corrected chi connectivity index (χ3v) is 6.21. The molecule has 1 aromatic heterocycles. The van der Waals surface area contributed by atoms with Gasteiger partial charge in [-0.05, 0) is 51.5 Å². The predicted octanol–water partition coefficient (Wildman–Crippen LogP) is -2.64. The Bertz CT molecular complexity index is 771. The van der Waals surface area contributed by atoms with Gasteiger partial charge >= 0.3 is 21.1 Å². The van der Waals surface area contributed by atoms with E-state index in [-0.39, 0.29) is 72.0 Å². The Morgan fingerprint density at radius 2 is 1.23 bits per heavy atom. The normalized spacial score (nSPS) is 10.0. The second-order valence-electron chi connectivity index (χ2n) is 6.37. The maximum Gasteiger partial charge on any atom is 2.00 e. The molecule has 0 aliphatic rings. The van der Waals surface area contributed by atoms with Gasteiger partial charge in [-0.25, -0.2) is 4.98 Å². The zero-order chi connectivity index (χ0) is 18.8. The zero-order valence-electron chi connectivity index (χ0n) is 17.9. The first-order valence-electron chi connectivity index (χ1n) is 9.60. The van der Waals surface area contributed by atoms with Crippen molar-refractivity contribution in [1.29, 1.82) is 0 Å². The van der Waals surface area contributed by atoms with Gasteiger partial charge in [0.25, 0.3) is 0 Å². The summed E-state index contributed by atoms with van der Waals surface area (Å²) in [6, 6.07) is 18.5. The molecule has 2 aromatic carbocycles. The molecule has 0 atom stereocenters. The number of quaternary nitrogens is 1. The molecule has 0 saturated heterocycles. The fraction of sp³-hybridized carbons (Fsp3) is 0.348. The maximum absolute atomic E-state index is 4.56. The van der Waals surface area contributed by atoms with Gasteiger partial charge in [-0.3, -0.25) is 0 Å². The summed E-state index contributed by atoms with van der Waals surface area (Å²) in [7, 11) is 0. The summed E-state index contributed by atoms with van der Waals surface area (Å²) in [6.07, 6.45) is 4.16. The van der Waals surface area contributed by atoms with Crippen LogP contribution in [0.4, 0.5) is 0 Å². The van der Waals surface area contributed by atoms with Crippen molar-refractivity contribution >= 4 is 33.7 Å². The van der Waals surface area contributed by atoms with E-state index in [1.54, 1.807) is 11.3 Å². The number of hydrogen-bond acceptors (Lipinski definition) is 2. The quantitative estimate of drug-likeness (QED) is 0.249. The van der Waals surface area contributed by atoms with Gasteiger partial charge in [0.05, 0.1) is 36.4 Å².